The second-order valence-corrected chi connectivity index (χ2v) is 7.19. The number of fused-ring (bicyclic) bond motifs is 1. The van der Waals surface area contributed by atoms with E-state index in [-0.39, 0.29) is 23.9 Å². The molecule has 0 aliphatic heterocycles. The molecule has 27 heavy (non-hydrogen) atoms. The number of carbonyl (C=O) groups is 1. The maximum Gasteiger partial charge on any atom is 0.270 e. The maximum atomic E-state index is 11.5. The van der Waals surface area contributed by atoms with Crippen LogP contribution in [0.15, 0.2) is 33.7 Å². The third kappa shape index (κ3) is 4.47. The summed E-state index contributed by atoms with van der Waals surface area (Å²) in [7, 11) is 0. The molecule has 8 N–H and O–H groups in total. The fourth-order valence-electron chi connectivity index (χ4n) is 2.97. The highest BCUT2D eigenvalue weighted by atomic mass is 32.1. The number of primary amides is 1. The predicted molar refractivity (Wildman–Crippen MR) is 109 cm³/mol. The summed E-state index contributed by atoms with van der Waals surface area (Å²) in [6, 6.07) is 3.51. The van der Waals surface area contributed by atoms with Crippen molar-refractivity contribution in [3.05, 3.63) is 23.7 Å². The molecule has 0 radical (unpaired) electrons. The zero-order chi connectivity index (χ0) is 19.4. The Bertz CT molecular complexity index is 919. The van der Waals surface area contributed by atoms with E-state index in [1.807, 2.05) is 11.4 Å². The lowest BCUT2D eigenvalue weighted by atomic mass is 9.91. The van der Waals surface area contributed by atoms with Crippen molar-refractivity contribution in [3.63, 3.8) is 0 Å². The molecule has 2 aromatic rings. The second kappa shape index (κ2) is 8.23. The standard InChI is InChI=1S/C17H22N8OS/c18-10-5-1-2-6-11(10)24-17(21)25-15(13(19)14(20)26)23-12-8-27-16-9(12)4-3-7-22-16/h3-4,7-8,10-11,19H,1-2,5-6,18H2,(H2,20,26)(H3,21,23,24,25)/t10-,11+/m0/s1. The van der Waals surface area contributed by atoms with Crippen molar-refractivity contribution in [2.24, 2.45) is 27.2 Å². The lowest BCUT2D eigenvalue weighted by molar-refractivity contribution is -0.111. The molecule has 142 valence electrons. The van der Waals surface area contributed by atoms with E-state index in [0.29, 0.717) is 5.69 Å². The van der Waals surface area contributed by atoms with Gasteiger partial charge in [-0.25, -0.2) is 9.98 Å². The van der Waals surface area contributed by atoms with Crippen LogP contribution < -0.4 is 22.5 Å². The Hall–Kier alpha value is -2.85. The Morgan fingerprint density at radius 1 is 1.33 bits per heavy atom. The molecule has 2 aromatic heterocycles. The van der Waals surface area contributed by atoms with Crippen LogP contribution in [-0.2, 0) is 4.79 Å². The van der Waals surface area contributed by atoms with Crippen LogP contribution in [0.25, 0.3) is 10.2 Å². The molecule has 10 heteroatoms. The molecule has 0 bridgehead atoms. The molecule has 0 spiro atoms. The lowest BCUT2D eigenvalue weighted by Gasteiger charge is -2.25. The van der Waals surface area contributed by atoms with Crippen LogP contribution in [0.1, 0.15) is 25.7 Å². The maximum absolute atomic E-state index is 11.5. The van der Waals surface area contributed by atoms with Gasteiger partial charge in [-0.1, -0.05) is 12.8 Å². The minimum Gasteiger partial charge on any atom is -0.368 e. The molecule has 1 aliphatic carbocycles. The van der Waals surface area contributed by atoms with E-state index in [1.165, 1.54) is 11.3 Å². The first-order chi connectivity index (χ1) is 13.0. The summed E-state index contributed by atoms with van der Waals surface area (Å²) < 4.78 is 0. The van der Waals surface area contributed by atoms with Crippen molar-refractivity contribution in [2.75, 3.05) is 5.32 Å². The normalized spacial score (nSPS) is 21.2. The smallest absolute Gasteiger partial charge is 0.270 e. The third-order valence-corrected chi connectivity index (χ3v) is 5.29. The van der Waals surface area contributed by atoms with Crippen molar-refractivity contribution >= 4 is 50.7 Å². The summed E-state index contributed by atoms with van der Waals surface area (Å²) in [6.07, 6.45) is 5.54. The number of thiophene rings is 1. The highest BCUT2D eigenvalue weighted by Gasteiger charge is 2.22. The van der Waals surface area contributed by atoms with Crippen molar-refractivity contribution in [1.82, 2.24) is 4.98 Å². The van der Waals surface area contributed by atoms with E-state index >= 15 is 0 Å². The number of aromatic nitrogens is 1. The number of rotatable bonds is 4. The van der Waals surface area contributed by atoms with Crippen LogP contribution in [0.3, 0.4) is 0 Å². The first kappa shape index (κ1) is 18.9. The molecule has 0 unspecified atom stereocenters. The van der Waals surface area contributed by atoms with Crippen molar-refractivity contribution < 1.29 is 4.79 Å². The van der Waals surface area contributed by atoms with Gasteiger partial charge in [-0.3, -0.25) is 10.2 Å². The van der Waals surface area contributed by atoms with Crippen molar-refractivity contribution in [1.29, 1.82) is 5.41 Å². The topological polar surface area (TPSA) is 169 Å². The van der Waals surface area contributed by atoms with Gasteiger partial charge < -0.3 is 22.5 Å². The average Bonchev–Trinajstić information content (AvgIpc) is 3.05. The number of hydrogen-bond donors (Lipinski definition) is 5. The summed E-state index contributed by atoms with van der Waals surface area (Å²) in [6.45, 7) is 0. The zero-order valence-electron chi connectivity index (χ0n) is 14.7. The number of anilines is 1. The summed E-state index contributed by atoms with van der Waals surface area (Å²) in [5, 5.41) is 13.6. The van der Waals surface area contributed by atoms with Crippen LogP contribution >= 0.6 is 11.3 Å². The Morgan fingerprint density at radius 2 is 2.11 bits per heavy atom. The molecule has 9 nitrogen and oxygen atoms in total. The quantitative estimate of drug-likeness (QED) is 0.392. The Morgan fingerprint density at radius 3 is 2.85 bits per heavy atom. The summed E-state index contributed by atoms with van der Waals surface area (Å²) >= 11 is 1.43. The minimum absolute atomic E-state index is 0.0384. The fourth-order valence-corrected chi connectivity index (χ4v) is 3.81. The van der Waals surface area contributed by atoms with Gasteiger partial charge in [-0.15, -0.1) is 11.3 Å². The highest BCUT2D eigenvalue weighted by Crippen LogP contribution is 2.28. The van der Waals surface area contributed by atoms with Gasteiger partial charge in [0.2, 0.25) is 5.96 Å². The molecule has 1 fully saturated rings. The van der Waals surface area contributed by atoms with E-state index in [9.17, 15) is 4.79 Å². The number of nitrogens with two attached hydrogens (primary N) is 3. The molecule has 1 saturated carbocycles. The van der Waals surface area contributed by atoms with Gasteiger partial charge in [0, 0.05) is 23.0 Å². The molecule has 1 amide bonds. The monoisotopic (exact) mass is 386 g/mol. The predicted octanol–water partition coefficient (Wildman–Crippen LogP) is 1.20. The van der Waals surface area contributed by atoms with Gasteiger partial charge >= 0.3 is 0 Å². The highest BCUT2D eigenvalue weighted by molar-refractivity contribution is 7.17. The van der Waals surface area contributed by atoms with E-state index in [0.717, 1.165) is 35.9 Å². The molecule has 2 atom stereocenters. The van der Waals surface area contributed by atoms with E-state index < -0.39 is 11.6 Å². The Kier molecular flexibility index (Phi) is 5.77. The van der Waals surface area contributed by atoms with Crippen LogP contribution in [-0.4, -0.2) is 40.5 Å². The average molecular weight is 386 g/mol. The number of aliphatic imine (C=N–C) groups is 2. The minimum atomic E-state index is -0.916. The lowest BCUT2D eigenvalue weighted by Crippen LogP contribution is -2.38. The SMILES string of the molecule is N=C(C(N)=O)C(=NC(N)=N[C@@H]1CCCC[C@@H]1N)Nc1csc2ncccc12. The summed E-state index contributed by atoms with van der Waals surface area (Å²) in [5.41, 5.74) is 17.5. The molecule has 2 heterocycles. The summed E-state index contributed by atoms with van der Waals surface area (Å²) in [5.74, 6) is -1.01. The molecule has 0 saturated heterocycles. The number of carbonyl (C=O) groups excluding carboxylic acids is 1. The van der Waals surface area contributed by atoms with E-state index in [4.69, 9.17) is 22.6 Å². The first-order valence-electron chi connectivity index (χ1n) is 8.61. The Balaban J connectivity index is 1.89. The van der Waals surface area contributed by atoms with E-state index in [2.05, 4.69) is 20.3 Å². The number of nitrogens with zero attached hydrogens (tertiary/aromatic N) is 3. The van der Waals surface area contributed by atoms with Gasteiger partial charge in [0.25, 0.3) is 5.91 Å². The zero-order valence-corrected chi connectivity index (χ0v) is 15.5. The first-order valence-corrected chi connectivity index (χ1v) is 9.49. The van der Waals surface area contributed by atoms with Gasteiger partial charge in [0.05, 0.1) is 11.7 Å². The number of nitrogens with one attached hydrogen (secondary N) is 2. The number of guanidine groups is 1. The van der Waals surface area contributed by atoms with Crippen molar-refractivity contribution in [2.45, 2.75) is 37.8 Å². The van der Waals surface area contributed by atoms with Gasteiger partial charge in [-0.05, 0) is 25.0 Å². The number of hydrogen-bond acceptors (Lipinski definition) is 6. The van der Waals surface area contributed by atoms with Crippen molar-refractivity contribution in [3.8, 4) is 0 Å². The molecular formula is C17H22N8OS. The van der Waals surface area contributed by atoms with Gasteiger partial charge in [-0.2, -0.15) is 4.99 Å². The molecular weight excluding hydrogens is 364 g/mol. The second-order valence-electron chi connectivity index (χ2n) is 6.33. The van der Waals surface area contributed by atoms with Crippen LogP contribution in [0.5, 0.6) is 0 Å². The van der Waals surface area contributed by atoms with E-state index in [1.54, 1.807) is 12.3 Å². The Labute approximate surface area is 160 Å². The van der Waals surface area contributed by atoms with Crippen LogP contribution in [0, 0.1) is 5.41 Å². The largest absolute Gasteiger partial charge is 0.368 e. The molecule has 3 rings (SSSR count). The third-order valence-electron chi connectivity index (χ3n) is 4.39. The molecule has 1 aliphatic rings. The summed E-state index contributed by atoms with van der Waals surface area (Å²) in [4.78, 5) is 25.1. The van der Waals surface area contributed by atoms with Crippen LogP contribution in [0.4, 0.5) is 5.69 Å². The number of pyridine rings is 1. The molecule has 0 aromatic carbocycles. The number of amidine groups is 1. The fraction of sp³-hybridized carbons (Fsp3) is 0.353. The van der Waals surface area contributed by atoms with Gasteiger partial charge in [0.15, 0.2) is 11.5 Å². The number of amides is 1. The van der Waals surface area contributed by atoms with Crippen LogP contribution in [0.2, 0.25) is 0 Å². The van der Waals surface area contributed by atoms with Gasteiger partial charge in [0.1, 0.15) is 4.83 Å².